The van der Waals surface area contributed by atoms with Gasteiger partial charge in [0.25, 0.3) is 0 Å². The van der Waals surface area contributed by atoms with Crippen molar-refractivity contribution in [2.24, 2.45) is 0 Å². The standard InChI is InChI=1S/C34H62O10Si/c1-8-9-10-11-12-13-14-15-16-17-18-19-20-21-22-23-24-45(6,7)44-34-33(42-29(5)38)32(41-28(4)37)31(40-27(3)36)30(43-34)25-39-26(2)35/h30-34H,8-25H2,1-7H3/t30-,31-,32+,33+,34+/m1/s1. The molecule has 0 aliphatic carbocycles. The quantitative estimate of drug-likeness (QED) is 0.0444. The van der Waals surface area contributed by atoms with Gasteiger partial charge in [0.2, 0.25) is 0 Å². The van der Waals surface area contributed by atoms with E-state index in [1.54, 1.807) is 0 Å². The van der Waals surface area contributed by atoms with E-state index in [1.165, 1.54) is 118 Å². The van der Waals surface area contributed by atoms with Gasteiger partial charge in [-0.25, -0.2) is 0 Å². The Kier molecular flexibility index (Phi) is 21.3. The minimum atomic E-state index is -2.36. The van der Waals surface area contributed by atoms with Crippen LogP contribution in [0.5, 0.6) is 0 Å². The van der Waals surface area contributed by atoms with Gasteiger partial charge in [-0.05, 0) is 19.1 Å². The van der Waals surface area contributed by atoms with Crippen molar-refractivity contribution < 1.29 is 47.3 Å². The Morgan fingerprint density at radius 3 is 1.38 bits per heavy atom. The Balaban J connectivity index is 2.58. The van der Waals surface area contributed by atoms with E-state index < -0.39 is 62.9 Å². The molecule has 45 heavy (non-hydrogen) atoms. The first-order valence-electron chi connectivity index (χ1n) is 17.3. The van der Waals surface area contributed by atoms with Crippen LogP contribution in [0.3, 0.4) is 0 Å². The van der Waals surface area contributed by atoms with Crippen LogP contribution < -0.4 is 0 Å². The smallest absolute Gasteiger partial charge is 0.303 e. The van der Waals surface area contributed by atoms with Crippen LogP contribution in [0.25, 0.3) is 0 Å². The topological polar surface area (TPSA) is 124 Å². The second kappa shape index (κ2) is 23.4. The molecule has 0 unspecified atom stereocenters. The first-order chi connectivity index (χ1) is 21.4. The van der Waals surface area contributed by atoms with Gasteiger partial charge in [-0.1, -0.05) is 110 Å². The van der Waals surface area contributed by atoms with Gasteiger partial charge in [-0.3, -0.25) is 19.2 Å². The Labute approximate surface area is 273 Å². The molecule has 262 valence electrons. The molecule has 0 amide bonds. The number of hydrogen-bond donors (Lipinski definition) is 0. The Morgan fingerprint density at radius 1 is 0.556 bits per heavy atom. The predicted molar refractivity (Wildman–Crippen MR) is 175 cm³/mol. The maximum absolute atomic E-state index is 12.1. The minimum Gasteiger partial charge on any atom is -0.463 e. The summed E-state index contributed by atoms with van der Waals surface area (Å²) >= 11 is 0. The van der Waals surface area contributed by atoms with Gasteiger partial charge in [-0.2, -0.15) is 0 Å². The summed E-state index contributed by atoms with van der Waals surface area (Å²) in [4.78, 5) is 47.6. The Morgan fingerprint density at radius 2 is 0.956 bits per heavy atom. The van der Waals surface area contributed by atoms with Crippen LogP contribution in [0.2, 0.25) is 19.1 Å². The molecule has 1 aliphatic heterocycles. The molecule has 0 aromatic carbocycles. The summed E-state index contributed by atoms with van der Waals surface area (Å²) in [5.74, 6) is -2.51. The van der Waals surface area contributed by atoms with Gasteiger partial charge in [0.15, 0.2) is 32.9 Å². The highest BCUT2D eigenvalue weighted by Gasteiger charge is 2.53. The number of esters is 4. The molecule has 0 bridgehead atoms. The van der Waals surface area contributed by atoms with Crippen molar-refractivity contribution in [1.29, 1.82) is 0 Å². The van der Waals surface area contributed by atoms with Crippen molar-refractivity contribution in [3.63, 3.8) is 0 Å². The van der Waals surface area contributed by atoms with Crippen LogP contribution in [0, 0.1) is 0 Å². The fraction of sp³-hybridized carbons (Fsp3) is 0.882. The number of rotatable bonds is 24. The molecule has 0 aromatic rings. The highest BCUT2D eigenvalue weighted by atomic mass is 28.4. The lowest BCUT2D eigenvalue weighted by atomic mass is 9.98. The third-order valence-electron chi connectivity index (χ3n) is 8.02. The van der Waals surface area contributed by atoms with Gasteiger partial charge < -0.3 is 28.1 Å². The van der Waals surface area contributed by atoms with Gasteiger partial charge in [0.1, 0.15) is 12.7 Å². The Hall–Kier alpha value is -1.98. The van der Waals surface area contributed by atoms with E-state index in [0.717, 1.165) is 18.9 Å². The van der Waals surface area contributed by atoms with E-state index in [9.17, 15) is 19.2 Å². The number of ether oxygens (including phenoxy) is 5. The summed E-state index contributed by atoms with van der Waals surface area (Å²) in [6.45, 7) is 11.0. The molecule has 1 fully saturated rings. The third-order valence-corrected chi connectivity index (χ3v) is 10.4. The van der Waals surface area contributed by atoms with E-state index >= 15 is 0 Å². The molecule has 0 N–H and O–H groups in total. The lowest BCUT2D eigenvalue weighted by Gasteiger charge is -2.46. The molecule has 1 heterocycles. The molecule has 5 atom stereocenters. The number of carbonyl (C=O) groups excluding carboxylic acids is 4. The average Bonchev–Trinajstić information content (AvgIpc) is 2.94. The highest BCUT2D eigenvalue weighted by molar-refractivity contribution is 6.71. The van der Waals surface area contributed by atoms with Crippen molar-refractivity contribution >= 4 is 32.2 Å². The molecule has 10 nitrogen and oxygen atoms in total. The van der Waals surface area contributed by atoms with E-state index in [4.69, 9.17) is 28.1 Å². The molecule has 0 aromatic heterocycles. The fourth-order valence-electron chi connectivity index (χ4n) is 5.76. The zero-order valence-electron chi connectivity index (χ0n) is 29.2. The van der Waals surface area contributed by atoms with Crippen molar-refractivity contribution in [2.75, 3.05) is 6.61 Å². The van der Waals surface area contributed by atoms with Crippen LogP contribution in [0.4, 0.5) is 0 Å². The lowest BCUT2D eigenvalue weighted by Crippen LogP contribution is -2.64. The predicted octanol–water partition coefficient (Wildman–Crippen LogP) is 7.55. The highest BCUT2D eigenvalue weighted by Crippen LogP contribution is 2.32. The summed E-state index contributed by atoms with van der Waals surface area (Å²) < 4.78 is 34.3. The zero-order chi connectivity index (χ0) is 33.7. The fourth-order valence-corrected chi connectivity index (χ4v) is 7.79. The van der Waals surface area contributed by atoms with E-state index in [0.29, 0.717) is 0 Å². The van der Waals surface area contributed by atoms with Crippen LogP contribution >= 0.6 is 0 Å². The summed E-state index contributed by atoms with van der Waals surface area (Å²) in [5, 5.41) is 0. The van der Waals surface area contributed by atoms with Gasteiger partial charge in [0, 0.05) is 27.7 Å². The molecule has 0 saturated carbocycles. The van der Waals surface area contributed by atoms with Crippen molar-refractivity contribution in [3.8, 4) is 0 Å². The summed E-state index contributed by atoms with van der Waals surface area (Å²) in [7, 11) is -2.36. The SMILES string of the molecule is CCCCCCCCCCCCCCCCCC[Si](C)(C)O[C@@H]1O[C@H](COC(C)=O)[C@@H](OC(C)=O)[C@H](OC(C)=O)[C@@H]1OC(C)=O. The molecule has 11 heteroatoms. The molecule has 0 radical (unpaired) electrons. The van der Waals surface area contributed by atoms with Crippen molar-refractivity contribution in [2.45, 2.75) is 187 Å². The zero-order valence-corrected chi connectivity index (χ0v) is 30.2. The monoisotopic (exact) mass is 658 g/mol. The van der Waals surface area contributed by atoms with Crippen LogP contribution in [0.1, 0.15) is 137 Å². The van der Waals surface area contributed by atoms with Crippen LogP contribution in [0.15, 0.2) is 0 Å². The third kappa shape index (κ3) is 19.3. The van der Waals surface area contributed by atoms with E-state index in [2.05, 4.69) is 20.0 Å². The van der Waals surface area contributed by atoms with Gasteiger partial charge >= 0.3 is 23.9 Å². The summed E-state index contributed by atoms with van der Waals surface area (Å²) in [6.07, 6.45) is 15.1. The van der Waals surface area contributed by atoms with Gasteiger partial charge in [-0.15, -0.1) is 0 Å². The molecule has 1 rings (SSSR count). The van der Waals surface area contributed by atoms with Crippen molar-refractivity contribution in [3.05, 3.63) is 0 Å². The average molecular weight is 659 g/mol. The summed E-state index contributed by atoms with van der Waals surface area (Å²) in [6, 6.07) is 0.859. The van der Waals surface area contributed by atoms with Crippen molar-refractivity contribution in [1.82, 2.24) is 0 Å². The van der Waals surface area contributed by atoms with Crippen LogP contribution in [-0.4, -0.2) is 69.5 Å². The largest absolute Gasteiger partial charge is 0.463 e. The number of unbranched alkanes of at least 4 members (excludes halogenated alkanes) is 15. The molecule has 0 spiro atoms. The normalized spacial score (nSPS) is 21.6. The van der Waals surface area contributed by atoms with Crippen LogP contribution in [-0.2, 0) is 47.3 Å². The van der Waals surface area contributed by atoms with E-state index in [1.807, 2.05) is 0 Å². The first-order valence-corrected chi connectivity index (χ1v) is 20.5. The number of hydrogen-bond acceptors (Lipinski definition) is 10. The summed E-state index contributed by atoms with van der Waals surface area (Å²) in [5.41, 5.74) is 0. The molecular formula is C34H62O10Si. The molecule has 1 aliphatic rings. The Bertz CT molecular complexity index is 864. The first kappa shape index (κ1) is 41.0. The number of carbonyl (C=O) groups is 4. The maximum Gasteiger partial charge on any atom is 0.303 e. The molecule has 1 saturated heterocycles. The second-order valence-electron chi connectivity index (χ2n) is 13.0. The molecular weight excluding hydrogens is 596 g/mol. The van der Waals surface area contributed by atoms with Gasteiger partial charge in [0.05, 0.1) is 0 Å². The lowest BCUT2D eigenvalue weighted by molar-refractivity contribution is -0.291. The van der Waals surface area contributed by atoms with E-state index in [-0.39, 0.29) is 6.61 Å². The second-order valence-corrected chi connectivity index (χ2v) is 17.3. The maximum atomic E-state index is 12.1. The minimum absolute atomic E-state index is 0.265.